The van der Waals surface area contributed by atoms with E-state index in [-0.39, 0.29) is 6.10 Å². The molecule has 0 atom stereocenters. The molecule has 60 valence electrons. The van der Waals surface area contributed by atoms with Crippen LogP contribution >= 0.6 is 11.9 Å². The predicted molar refractivity (Wildman–Crippen MR) is 47.2 cm³/mol. The van der Waals surface area contributed by atoms with E-state index in [0.717, 1.165) is 0 Å². The molecule has 0 unspecified atom stereocenters. The first-order valence-corrected chi connectivity index (χ1v) is 4.44. The van der Waals surface area contributed by atoms with Crippen LogP contribution in [0.15, 0.2) is 0 Å². The molecule has 10 heavy (non-hydrogen) atoms. The van der Waals surface area contributed by atoms with Gasteiger partial charge in [-0.05, 0) is 39.6 Å². The highest BCUT2D eigenvalue weighted by Gasteiger charge is 1.98. The van der Waals surface area contributed by atoms with Gasteiger partial charge in [-0.25, -0.2) is 0 Å². The van der Waals surface area contributed by atoms with Gasteiger partial charge in [0.05, 0.1) is 6.10 Å². The van der Waals surface area contributed by atoms with Crippen molar-refractivity contribution in [1.29, 1.82) is 0 Å². The molecule has 0 saturated carbocycles. The normalized spacial score (nSPS) is 11.0. The molecule has 0 fully saturated rings. The van der Waals surface area contributed by atoms with Crippen LogP contribution in [-0.4, -0.2) is 19.0 Å². The molecule has 2 nitrogen and oxygen atoms in total. The molecular formula is C6H15BO2S. The maximum atomic E-state index is 5.23. The zero-order valence-electron chi connectivity index (χ0n) is 7.09. The smallest absolute Gasteiger partial charge is 0.374 e. The maximum Gasteiger partial charge on any atom is 0.374 e. The van der Waals surface area contributed by atoms with Crippen molar-refractivity contribution in [2.75, 3.05) is 0 Å². The Bertz CT molecular complexity index is 68.1. The summed E-state index contributed by atoms with van der Waals surface area (Å²) >= 11 is 1.37. The lowest BCUT2D eigenvalue weighted by atomic mass is 10.4. The highest BCUT2D eigenvalue weighted by molar-refractivity contribution is 8.18. The van der Waals surface area contributed by atoms with Crippen molar-refractivity contribution in [3.8, 4) is 0 Å². The Hall–Kier alpha value is 0.335. The summed E-state index contributed by atoms with van der Waals surface area (Å²) < 4.78 is 10.4. The van der Waals surface area contributed by atoms with Crippen LogP contribution < -0.4 is 0 Å². The fraction of sp³-hybridized carbons (Fsp3) is 1.00. The molecular weight excluding hydrogens is 147 g/mol. The first kappa shape index (κ1) is 10.3. The molecule has 0 aliphatic heterocycles. The van der Waals surface area contributed by atoms with Gasteiger partial charge in [-0.1, -0.05) is 0 Å². The van der Waals surface area contributed by atoms with Crippen LogP contribution in [0.1, 0.15) is 27.7 Å². The van der Waals surface area contributed by atoms with E-state index in [1.54, 1.807) is 0 Å². The third-order valence-electron chi connectivity index (χ3n) is 0.710. The van der Waals surface area contributed by atoms with Crippen LogP contribution in [0, 0.1) is 0 Å². The van der Waals surface area contributed by atoms with Crippen molar-refractivity contribution in [2.45, 2.75) is 39.9 Å². The third kappa shape index (κ3) is 8.33. The second-order valence-electron chi connectivity index (χ2n) is 2.60. The molecule has 0 spiro atoms. The lowest BCUT2D eigenvalue weighted by Crippen LogP contribution is -2.06. The molecule has 0 aliphatic rings. The zero-order valence-corrected chi connectivity index (χ0v) is 7.90. The van der Waals surface area contributed by atoms with Gasteiger partial charge in [-0.3, -0.25) is 0 Å². The van der Waals surface area contributed by atoms with Crippen molar-refractivity contribution in [3.05, 3.63) is 0 Å². The molecule has 0 aromatic heterocycles. The summed E-state index contributed by atoms with van der Waals surface area (Å²) in [6.07, 6.45) is 0.573. The fourth-order valence-electron chi connectivity index (χ4n) is 0.328. The van der Waals surface area contributed by atoms with Crippen LogP contribution in [0.2, 0.25) is 0 Å². The lowest BCUT2D eigenvalue weighted by molar-refractivity contribution is 0.257. The van der Waals surface area contributed by atoms with Gasteiger partial charge in [0.15, 0.2) is 0 Å². The standard InChI is InChI=1S/C6H15BO2S/c1-5(2)8-7-10-9-6(3)4/h5-7H,1-4H3. The highest BCUT2D eigenvalue weighted by Crippen LogP contribution is 2.05. The van der Waals surface area contributed by atoms with E-state index in [9.17, 15) is 0 Å². The van der Waals surface area contributed by atoms with Gasteiger partial charge in [-0.15, -0.1) is 0 Å². The van der Waals surface area contributed by atoms with Crippen molar-refractivity contribution in [2.24, 2.45) is 0 Å². The number of hydrogen-bond acceptors (Lipinski definition) is 3. The third-order valence-corrected chi connectivity index (χ3v) is 1.46. The molecule has 0 rings (SSSR count). The van der Waals surface area contributed by atoms with E-state index >= 15 is 0 Å². The molecule has 0 N–H and O–H groups in total. The Kier molecular flexibility index (Phi) is 6.27. The van der Waals surface area contributed by atoms with E-state index in [1.807, 2.05) is 27.7 Å². The number of rotatable bonds is 5. The van der Waals surface area contributed by atoms with Gasteiger partial charge >= 0.3 is 6.76 Å². The predicted octanol–water partition coefficient (Wildman–Crippen LogP) is 1.75. The summed E-state index contributed by atoms with van der Waals surface area (Å²) in [4.78, 5) is 0. The van der Waals surface area contributed by atoms with E-state index in [4.69, 9.17) is 8.84 Å². The fourth-order valence-corrected chi connectivity index (χ4v) is 0.983. The van der Waals surface area contributed by atoms with Gasteiger partial charge < -0.3 is 8.84 Å². The van der Waals surface area contributed by atoms with Gasteiger partial charge in [0.25, 0.3) is 0 Å². The lowest BCUT2D eigenvalue weighted by Gasteiger charge is -2.07. The molecule has 0 aromatic rings. The molecule has 0 aliphatic carbocycles. The van der Waals surface area contributed by atoms with E-state index in [1.165, 1.54) is 11.9 Å². The molecule has 0 bridgehead atoms. The molecule has 4 heteroatoms. The molecule has 0 heterocycles. The molecule has 0 saturated heterocycles. The first-order valence-electron chi connectivity index (χ1n) is 3.52. The SMILES string of the molecule is CC(C)OBSOC(C)C. The Morgan fingerprint density at radius 3 is 2.10 bits per heavy atom. The van der Waals surface area contributed by atoms with Crippen molar-refractivity contribution < 1.29 is 8.84 Å². The topological polar surface area (TPSA) is 18.5 Å². The minimum Gasteiger partial charge on any atom is -0.425 e. The van der Waals surface area contributed by atoms with Gasteiger partial charge in [0, 0.05) is 6.10 Å². The van der Waals surface area contributed by atoms with Gasteiger partial charge in [0.1, 0.15) is 0 Å². The largest absolute Gasteiger partial charge is 0.425 e. The minimum atomic E-state index is 0.278. The summed E-state index contributed by atoms with van der Waals surface area (Å²) in [5.41, 5.74) is 0. The summed E-state index contributed by atoms with van der Waals surface area (Å²) in [6, 6.07) is 0. The van der Waals surface area contributed by atoms with E-state index < -0.39 is 0 Å². The molecule has 0 aromatic carbocycles. The van der Waals surface area contributed by atoms with Crippen molar-refractivity contribution >= 4 is 18.7 Å². The Morgan fingerprint density at radius 1 is 1.10 bits per heavy atom. The van der Waals surface area contributed by atoms with Crippen molar-refractivity contribution in [3.63, 3.8) is 0 Å². The number of hydrogen-bond donors (Lipinski definition) is 0. The highest BCUT2D eigenvalue weighted by atomic mass is 32.2. The minimum absolute atomic E-state index is 0.278. The summed E-state index contributed by atoms with van der Waals surface area (Å²) in [5, 5.41) is 0. The maximum absolute atomic E-state index is 5.23. The first-order chi connectivity index (χ1) is 4.63. The Morgan fingerprint density at radius 2 is 1.70 bits per heavy atom. The molecule has 0 radical (unpaired) electrons. The Labute approximate surface area is 68.0 Å². The summed E-state index contributed by atoms with van der Waals surface area (Å²) in [7, 11) is 0. The average molecular weight is 162 g/mol. The van der Waals surface area contributed by atoms with Crippen LogP contribution in [0.4, 0.5) is 0 Å². The zero-order chi connectivity index (χ0) is 7.98. The Balaban J connectivity index is 2.91. The van der Waals surface area contributed by atoms with E-state index in [2.05, 4.69) is 0 Å². The van der Waals surface area contributed by atoms with Gasteiger partial charge in [0.2, 0.25) is 0 Å². The van der Waals surface area contributed by atoms with Crippen LogP contribution in [-0.2, 0) is 8.84 Å². The molecule has 0 amide bonds. The van der Waals surface area contributed by atoms with Crippen LogP contribution in [0.5, 0.6) is 0 Å². The van der Waals surface area contributed by atoms with Crippen LogP contribution in [0.3, 0.4) is 0 Å². The van der Waals surface area contributed by atoms with Crippen molar-refractivity contribution in [1.82, 2.24) is 0 Å². The summed E-state index contributed by atoms with van der Waals surface area (Å²) in [6.45, 7) is 8.65. The van der Waals surface area contributed by atoms with E-state index in [0.29, 0.717) is 12.9 Å². The second-order valence-corrected chi connectivity index (χ2v) is 3.26. The summed E-state index contributed by atoms with van der Waals surface area (Å²) in [5.74, 6) is 0. The average Bonchev–Trinajstić information content (AvgIpc) is 1.79. The quantitative estimate of drug-likeness (QED) is 0.348. The van der Waals surface area contributed by atoms with Crippen LogP contribution in [0.25, 0.3) is 0 Å². The van der Waals surface area contributed by atoms with Gasteiger partial charge in [-0.2, -0.15) is 0 Å². The second kappa shape index (κ2) is 6.07. The monoisotopic (exact) mass is 162 g/mol.